The standard InChI is InChI=1S/C14H26N2O3/c1-3-11(2)12(15)13(17)16-6-9-19-14(10-16)4-7-18-8-5-14/h11-12H,3-10,15H2,1-2H3/t11-,12+/m1/s1. The molecule has 0 radical (unpaired) electrons. The molecular weight excluding hydrogens is 244 g/mol. The summed E-state index contributed by atoms with van der Waals surface area (Å²) in [6, 6.07) is -0.389. The van der Waals surface area contributed by atoms with Crippen molar-refractivity contribution in [3.05, 3.63) is 0 Å². The Morgan fingerprint density at radius 3 is 2.68 bits per heavy atom. The summed E-state index contributed by atoms with van der Waals surface area (Å²) in [4.78, 5) is 14.3. The molecule has 2 fully saturated rings. The minimum absolute atomic E-state index is 0.0727. The predicted octanol–water partition coefficient (Wildman–Crippen LogP) is 0.768. The van der Waals surface area contributed by atoms with Crippen LogP contribution in [0.4, 0.5) is 0 Å². The first kappa shape index (κ1) is 14.8. The molecule has 2 heterocycles. The van der Waals surface area contributed by atoms with Crippen LogP contribution in [0.2, 0.25) is 0 Å². The van der Waals surface area contributed by atoms with Crippen molar-refractivity contribution in [2.24, 2.45) is 11.7 Å². The van der Waals surface area contributed by atoms with Gasteiger partial charge in [-0.3, -0.25) is 4.79 Å². The molecule has 0 bridgehead atoms. The number of nitrogens with two attached hydrogens (primary N) is 1. The Labute approximate surface area is 115 Å². The Balaban J connectivity index is 1.98. The molecule has 0 aromatic carbocycles. The Hall–Kier alpha value is -0.650. The van der Waals surface area contributed by atoms with E-state index in [1.807, 2.05) is 11.8 Å². The SMILES string of the molecule is CC[C@@H](C)[C@H](N)C(=O)N1CCOC2(CCOCC2)C1. The van der Waals surface area contributed by atoms with E-state index in [9.17, 15) is 4.79 Å². The van der Waals surface area contributed by atoms with E-state index in [0.29, 0.717) is 19.7 Å². The molecule has 0 aromatic rings. The molecule has 5 nitrogen and oxygen atoms in total. The number of carbonyl (C=O) groups is 1. The summed E-state index contributed by atoms with van der Waals surface area (Å²) in [7, 11) is 0. The lowest BCUT2D eigenvalue weighted by molar-refractivity contribution is -0.169. The van der Waals surface area contributed by atoms with Crippen molar-refractivity contribution in [1.82, 2.24) is 4.90 Å². The van der Waals surface area contributed by atoms with E-state index in [0.717, 1.165) is 32.5 Å². The van der Waals surface area contributed by atoms with Crippen LogP contribution in [0.5, 0.6) is 0 Å². The van der Waals surface area contributed by atoms with Crippen LogP contribution in [0.25, 0.3) is 0 Å². The van der Waals surface area contributed by atoms with Crippen LogP contribution < -0.4 is 5.73 Å². The van der Waals surface area contributed by atoms with E-state index in [2.05, 4.69) is 6.92 Å². The second kappa shape index (κ2) is 6.20. The second-order valence-corrected chi connectivity index (χ2v) is 5.81. The first-order chi connectivity index (χ1) is 9.08. The lowest BCUT2D eigenvalue weighted by Gasteiger charge is -2.45. The highest BCUT2D eigenvalue weighted by Gasteiger charge is 2.40. The minimum atomic E-state index is -0.389. The van der Waals surface area contributed by atoms with Crippen LogP contribution in [0.15, 0.2) is 0 Å². The topological polar surface area (TPSA) is 64.8 Å². The second-order valence-electron chi connectivity index (χ2n) is 5.81. The van der Waals surface area contributed by atoms with Gasteiger partial charge in [-0.05, 0) is 5.92 Å². The molecule has 2 N–H and O–H groups in total. The Morgan fingerprint density at radius 2 is 2.05 bits per heavy atom. The third kappa shape index (κ3) is 3.27. The zero-order valence-corrected chi connectivity index (χ0v) is 12.1. The number of hydrogen-bond acceptors (Lipinski definition) is 4. The van der Waals surface area contributed by atoms with E-state index in [-0.39, 0.29) is 23.5 Å². The highest BCUT2D eigenvalue weighted by Crippen LogP contribution is 2.29. The molecule has 110 valence electrons. The van der Waals surface area contributed by atoms with Crippen LogP contribution in [-0.2, 0) is 14.3 Å². The minimum Gasteiger partial charge on any atom is -0.381 e. The highest BCUT2D eigenvalue weighted by molar-refractivity contribution is 5.82. The van der Waals surface area contributed by atoms with Gasteiger partial charge in [0.2, 0.25) is 5.91 Å². The summed E-state index contributed by atoms with van der Waals surface area (Å²) in [5, 5.41) is 0. The van der Waals surface area contributed by atoms with Crippen molar-refractivity contribution < 1.29 is 14.3 Å². The fraction of sp³-hybridized carbons (Fsp3) is 0.929. The fourth-order valence-corrected chi connectivity index (χ4v) is 2.79. The molecule has 2 rings (SSSR count). The number of rotatable bonds is 3. The molecule has 19 heavy (non-hydrogen) atoms. The average Bonchev–Trinajstić information content (AvgIpc) is 2.45. The number of morpholine rings is 1. The Bertz CT molecular complexity index is 310. The van der Waals surface area contributed by atoms with Gasteiger partial charge < -0.3 is 20.1 Å². The van der Waals surface area contributed by atoms with Gasteiger partial charge in [0, 0.05) is 39.1 Å². The molecule has 2 saturated heterocycles. The zero-order chi connectivity index (χ0) is 13.9. The predicted molar refractivity (Wildman–Crippen MR) is 72.7 cm³/mol. The van der Waals surface area contributed by atoms with Gasteiger partial charge in [0.05, 0.1) is 18.2 Å². The van der Waals surface area contributed by atoms with Crippen molar-refractivity contribution in [2.45, 2.75) is 44.8 Å². The quantitative estimate of drug-likeness (QED) is 0.822. The highest BCUT2D eigenvalue weighted by atomic mass is 16.5. The maximum absolute atomic E-state index is 12.4. The molecule has 0 aliphatic carbocycles. The largest absolute Gasteiger partial charge is 0.381 e. The maximum atomic E-state index is 12.4. The normalized spacial score (nSPS) is 26.2. The third-order valence-corrected chi connectivity index (χ3v) is 4.51. The van der Waals surface area contributed by atoms with Crippen molar-refractivity contribution in [2.75, 3.05) is 32.9 Å². The summed E-state index contributed by atoms with van der Waals surface area (Å²) in [6.45, 7) is 7.48. The zero-order valence-electron chi connectivity index (χ0n) is 12.1. The monoisotopic (exact) mass is 270 g/mol. The molecule has 0 saturated carbocycles. The lowest BCUT2D eigenvalue weighted by Crippen LogP contribution is -2.59. The molecule has 0 aromatic heterocycles. The Kier molecular flexibility index (Phi) is 4.81. The number of carbonyl (C=O) groups excluding carboxylic acids is 1. The van der Waals surface area contributed by atoms with Crippen LogP contribution in [0.3, 0.4) is 0 Å². The van der Waals surface area contributed by atoms with Gasteiger partial charge in [-0.15, -0.1) is 0 Å². The van der Waals surface area contributed by atoms with E-state index >= 15 is 0 Å². The molecule has 2 atom stereocenters. The van der Waals surface area contributed by atoms with Gasteiger partial charge >= 0.3 is 0 Å². The van der Waals surface area contributed by atoms with Gasteiger partial charge in [-0.2, -0.15) is 0 Å². The fourth-order valence-electron chi connectivity index (χ4n) is 2.79. The molecule has 1 spiro atoms. The number of amides is 1. The van der Waals surface area contributed by atoms with Crippen molar-refractivity contribution in [3.63, 3.8) is 0 Å². The molecule has 1 amide bonds. The first-order valence-electron chi connectivity index (χ1n) is 7.34. The van der Waals surface area contributed by atoms with Crippen LogP contribution >= 0.6 is 0 Å². The van der Waals surface area contributed by atoms with Crippen LogP contribution in [-0.4, -0.2) is 55.4 Å². The van der Waals surface area contributed by atoms with Crippen LogP contribution in [0.1, 0.15) is 33.1 Å². The van der Waals surface area contributed by atoms with Crippen LogP contribution in [0, 0.1) is 5.92 Å². The van der Waals surface area contributed by atoms with E-state index in [1.54, 1.807) is 0 Å². The molecule has 2 aliphatic rings. The summed E-state index contributed by atoms with van der Waals surface area (Å²) < 4.78 is 11.3. The van der Waals surface area contributed by atoms with Gasteiger partial charge in [0.25, 0.3) is 0 Å². The number of hydrogen-bond donors (Lipinski definition) is 1. The van der Waals surface area contributed by atoms with Crippen molar-refractivity contribution >= 4 is 5.91 Å². The maximum Gasteiger partial charge on any atom is 0.239 e. The smallest absolute Gasteiger partial charge is 0.239 e. The van der Waals surface area contributed by atoms with E-state index < -0.39 is 0 Å². The molecule has 5 heteroatoms. The first-order valence-corrected chi connectivity index (χ1v) is 7.34. The number of nitrogens with zero attached hydrogens (tertiary/aromatic N) is 1. The van der Waals surface area contributed by atoms with E-state index in [4.69, 9.17) is 15.2 Å². The molecular formula is C14H26N2O3. The molecule has 0 unspecified atom stereocenters. The van der Waals surface area contributed by atoms with E-state index in [1.165, 1.54) is 0 Å². The molecule has 2 aliphatic heterocycles. The average molecular weight is 270 g/mol. The van der Waals surface area contributed by atoms with Gasteiger partial charge in [0.15, 0.2) is 0 Å². The van der Waals surface area contributed by atoms with Gasteiger partial charge in [-0.25, -0.2) is 0 Å². The summed E-state index contributed by atoms with van der Waals surface area (Å²) in [6.07, 6.45) is 2.67. The summed E-state index contributed by atoms with van der Waals surface area (Å²) >= 11 is 0. The Morgan fingerprint density at radius 1 is 1.37 bits per heavy atom. The van der Waals surface area contributed by atoms with Crippen molar-refractivity contribution in [1.29, 1.82) is 0 Å². The summed E-state index contributed by atoms with van der Waals surface area (Å²) in [5.41, 5.74) is 5.87. The summed E-state index contributed by atoms with van der Waals surface area (Å²) in [5.74, 6) is 0.296. The number of ether oxygens (including phenoxy) is 2. The third-order valence-electron chi connectivity index (χ3n) is 4.51. The van der Waals surface area contributed by atoms with Crippen molar-refractivity contribution in [3.8, 4) is 0 Å². The lowest BCUT2D eigenvalue weighted by atomic mass is 9.91. The van der Waals surface area contributed by atoms with Gasteiger partial charge in [0.1, 0.15) is 0 Å². The van der Waals surface area contributed by atoms with Gasteiger partial charge in [-0.1, -0.05) is 20.3 Å².